The van der Waals surface area contributed by atoms with Crippen LogP contribution >= 0.6 is 0 Å². The number of amides is 1. The van der Waals surface area contributed by atoms with Gasteiger partial charge in [0.1, 0.15) is 23.7 Å². The van der Waals surface area contributed by atoms with Crippen LogP contribution in [0.15, 0.2) is 52.9 Å². The fraction of sp³-hybridized carbons (Fsp3) is 0.105. The fourth-order valence-corrected chi connectivity index (χ4v) is 2.72. The average molecular weight is 442 g/mol. The zero-order valence-electron chi connectivity index (χ0n) is 16.3. The Labute approximate surface area is 178 Å². The minimum Gasteiger partial charge on any atom is -0.486 e. The van der Waals surface area contributed by atoms with Crippen molar-refractivity contribution in [2.45, 2.75) is 13.5 Å². The van der Waals surface area contributed by atoms with Crippen LogP contribution in [-0.4, -0.2) is 20.7 Å². The SMILES string of the molecule is Cc1c([N+](=O)[O-])cc(NC(=O)c2ccc(COc3ccc([N+](=O)[O-])cc3)o2)cc1[N+](=O)[O-]. The van der Waals surface area contributed by atoms with Gasteiger partial charge in [0.05, 0.1) is 20.5 Å². The lowest BCUT2D eigenvalue weighted by atomic mass is 10.1. The minimum atomic E-state index is -0.779. The summed E-state index contributed by atoms with van der Waals surface area (Å²) in [5, 5.41) is 35.3. The summed E-state index contributed by atoms with van der Waals surface area (Å²) < 4.78 is 10.8. The van der Waals surface area contributed by atoms with Crippen molar-refractivity contribution < 1.29 is 28.7 Å². The van der Waals surface area contributed by atoms with Crippen molar-refractivity contribution in [2.75, 3.05) is 5.32 Å². The highest BCUT2D eigenvalue weighted by molar-refractivity contribution is 6.02. The summed E-state index contributed by atoms with van der Waals surface area (Å²) >= 11 is 0. The van der Waals surface area contributed by atoms with Gasteiger partial charge in [0.15, 0.2) is 5.76 Å². The minimum absolute atomic E-state index is 0.0768. The maximum atomic E-state index is 12.4. The zero-order valence-corrected chi connectivity index (χ0v) is 16.3. The Bertz CT molecular complexity index is 1180. The van der Waals surface area contributed by atoms with Crippen LogP contribution in [-0.2, 0) is 6.61 Å². The number of carbonyl (C=O) groups is 1. The first kappa shape index (κ1) is 21.9. The van der Waals surface area contributed by atoms with Gasteiger partial charge in [0, 0.05) is 24.3 Å². The van der Waals surface area contributed by atoms with E-state index in [0.29, 0.717) is 5.75 Å². The molecule has 0 spiro atoms. The van der Waals surface area contributed by atoms with Crippen molar-refractivity contribution in [3.63, 3.8) is 0 Å². The van der Waals surface area contributed by atoms with Crippen LogP contribution in [0, 0.1) is 37.3 Å². The van der Waals surface area contributed by atoms with Gasteiger partial charge in [-0.3, -0.25) is 35.1 Å². The molecule has 0 aliphatic rings. The second kappa shape index (κ2) is 8.91. The van der Waals surface area contributed by atoms with E-state index in [-0.39, 0.29) is 35.1 Å². The van der Waals surface area contributed by atoms with Gasteiger partial charge in [-0.2, -0.15) is 0 Å². The normalized spacial score (nSPS) is 10.4. The molecule has 0 radical (unpaired) electrons. The van der Waals surface area contributed by atoms with E-state index in [1.165, 1.54) is 43.3 Å². The Morgan fingerprint density at radius 2 is 1.53 bits per heavy atom. The molecule has 32 heavy (non-hydrogen) atoms. The van der Waals surface area contributed by atoms with Crippen molar-refractivity contribution in [3.8, 4) is 5.75 Å². The lowest BCUT2D eigenvalue weighted by molar-refractivity contribution is -0.395. The summed E-state index contributed by atoms with van der Waals surface area (Å²) in [7, 11) is 0. The molecule has 2 aromatic carbocycles. The van der Waals surface area contributed by atoms with Crippen molar-refractivity contribution in [1.82, 2.24) is 0 Å². The van der Waals surface area contributed by atoms with Gasteiger partial charge in [0.25, 0.3) is 23.0 Å². The standard InChI is InChI=1S/C19H14N4O9/c1-11-16(22(27)28)8-12(9-17(11)23(29)30)20-19(24)18-7-6-15(32-18)10-31-14-4-2-13(3-5-14)21(25)26/h2-9H,10H2,1H3,(H,20,24). The predicted octanol–water partition coefficient (Wildman–Crippen LogP) is 4.14. The summed E-state index contributed by atoms with van der Waals surface area (Å²) in [6.07, 6.45) is 0. The van der Waals surface area contributed by atoms with Crippen LogP contribution in [0.25, 0.3) is 0 Å². The summed E-state index contributed by atoms with van der Waals surface area (Å²) in [5.74, 6) is -0.330. The molecule has 0 aliphatic carbocycles. The molecule has 1 amide bonds. The maximum Gasteiger partial charge on any atom is 0.291 e. The first-order valence-corrected chi connectivity index (χ1v) is 8.86. The lowest BCUT2D eigenvalue weighted by Gasteiger charge is -2.06. The van der Waals surface area contributed by atoms with E-state index in [1.54, 1.807) is 0 Å². The van der Waals surface area contributed by atoms with Crippen LogP contribution in [0.3, 0.4) is 0 Å². The van der Waals surface area contributed by atoms with Crippen LogP contribution in [0.1, 0.15) is 21.9 Å². The molecule has 0 saturated heterocycles. The maximum absolute atomic E-state index is 12.4. The highest BCUT2D eigenvalue weighted by Crippen LogP contribution is 2.32. The number of nitrogens with zero attached hydrogens (tertiary/aromatic N) is 3. The smallest absolute Gasteiger partial charge is 0.291 e. The molecule has 0 atom stereocenters. The molecular formula is C19H14N4O9. The van der Waals surface area contributed by atoms with Crippen molar-refractivity contribution in [2.24, 2.45) is 0 Å². The van der Waals surface area contributed by atoms with E-state index in [0.717, 1.165) is 12.1 Å². The van der Waals surface area contributed by atoms with Crippen LogP contribution in [0.4, 0.5) is 22.7 Å². The number of hydrogen-bond acceptors (Lipinski definition) is 9. The van der Waals surface area contributed by atoms with Crippen molar-refractivity contribution in [1.29, 1.82) is 0 Å². The van der Waals surface area contributed by atoms with Gasteiger partial charge in [-0.25, -0.2) is 0 Å². The number of nitrogens with one attached hydrogen (secondary N) is 1. The van der Waals surface area contributed by atoms with E-state index in [9.17, 15) is 35.1 Å². The van der Waals surface area contributed by atoms with E-state index >= 15 is 0 Å². The number of anilines is 1. The van der Waals surface area contributed by atoms with E-state index < -0.39 is 32.1 Å². The molecule has 3 rings (SSSR count). The molecule has 1 heterocycles. The number of furan rings is 1. The number of hydrogen-bond donors (Lipinski definition) is 1. The van der Waals surface area contributed by atoms with Gasteiger partial charge >= 0.3 is 0 Å². The Balaban J connectivity index is 1.70. The number of ether oxygens (including phenoxy) is 1. The Hall–Kier alpha value is -4.81. The zero-order chi connectivity index (χ0) is 23.4. The quantitative estimate of drug-likeness (QED) is 0.396. The molecule has 13 nitrogen and oxygen atoms in total. The molecule has 1 N–H and O–H groups in total. The summed E-state index contributed by atoms with van der Waals surface area (Å²) in [5.41, 5.74) is -1.39. The Kier molecular flexibility index (Phi) is 6.09. The summed E-state index contributed by atoms with van der Waals surface area (Å²) in [4.78, 5) is 43.3. The molecule has 0 bridgehead atoms. The van der Waals surface area contributed by atoms with Gasteiger partial charge in [-0.05, 0) is 31.2 Å². The second-order valence-electron chi connectivity index (χ2n) is 6.41. The number of rotatable bonds is 8. The largest absolute Gasteiger partial charge is 0.486 e. The van der Waals surface area contributed by atoms with Crippen molar-refractivity contribution in [3.05, 3.63) is 96.0 Å². The van der Waals surface area contributed by atoms with Gasteiger partial charge in [0.2, 0.25) is 0 Å². The average Bonchev–Trinajstić information content (AvgIpc) is 3.22. The number of nitro groups is 3. The predicted molar refractivity (Wildman–Crippen MR) is 109 cm³/mol. The highest BCUT2D eigenvalue weighted by Gasteiger charge is 2.24. The fourth-order valence-electron chi connectivity index (χ4n) is 2.72. The first-order chi connectivity index (χ1) is 15.2. The molecule has 13 heteroatoms. The highest BCUT2D eigenvalue weighted by atomic mass is 16.6. The summed E-state index contributed by atoms with van der Waals surface area (Å²) in [6, 6.07) is 10.2. The third-order valence-corrected chi connectivity index (χ3v) is 4.32. The molecule has 0 aliphatic heterocycles. The van der Waals surface area contributed by atoms with Gasteiger partial charge < -0.3 is 14.5 Å². The number of non-ortho nitro benzene ring substituents is 1. The van der Waals surface area contributed by atoms with E-state index in [1.807, 2.05) is 0 Å². The third-order valence-electron chi connectivity index (χ3n) is 4.32. The molecule has 0 fully saturated rings. The second-order valence-corrected chi connectivity index (χ2v) is 6.41. The molecular weight excluding hydrogens is 428 g/mol. The van der Waals surface area contributed by atoms with Crippen LogP contribution < -0.4 is 10.1 Å². The first-order valence-electron chi connectivity index (χ1n) is 8.86. The van der Waals surface area contributed by atoms with Crippen molar-refractivity contribution >= 4 is 28.7 Å². The van der Waals surface area contributed by atoms with Gasteiger partial charge in [-0.15, -0.1) is 0 Å². The molecule has 164 valence electrons. The van der Waals surface area contributed by atoms with E-state index in [2.05, 4.69) is 5.32 Å². The number of benzene rings is 2. The monoisotopic (exact) mass is 442 g/mol. The number of carbonyl (C=O) groups excluding carboxylic acids is 1. The van der Waals surface area contributed by atoms with E-state index in [4.69, 9.17) is 9.15 Å². The molecule has 3 aromatic rings. The lowest BCUT2D eigenvalue weighted by Crippen LogP contribution is -2.12. The number of nitro benzene ring substituents is 3. The topological polar surface area (TPSA) is 181 Å². The molecule has 1 aromatic heterocycles. The van der Waals surface area contributed by atoms with Gasteiger partial charge in [-0.1, -0.05) is 0 Å². The Morgan fingerprint density at radius 3 is 2.06 bits per heavy atom. The summed E-state index contributed by atoms with van der Waals surface area (Å²) in [6.45, 7) is 1.16. The van der Waals surface area contributed by atoms with Crippen LogP contribution in [0.5, 0.6) is 5.75 Å². The van der Waals surface area contributed by atoms with Crippen LogP contribution in [0.2, 0.25) is 0 Å². The molecule has 0 saturated carbocycles. The Morgan fingerprint density at radius 1 is 0.938 bits per heavy atom. The third kappa shape index (κ3) is 4.84. The molecule has 0 unspecified atom stereocenters.